The Balaban J connectivity index is 1.48. The van der Waals surface area contributed by atoms with Crippen LogP contribution in [0.1, 0.15) is 13.3 Å². The lowest BCUT2D eigenvalue weighted by Crippen LogP contribution is -2.60. The molecule has 1 aliphatic carbocycles. The second-order valence-corrected chi connectivity index (χ2v) is 9.70. The zero-order valence-electron chi connectivity index (χ0n) is 18.9. The summed E-state index contributed by atoms with van der Waals surface area (Å²) in [5, 5.41) is 90.6. The van der Waals surface area contributed by atoms with Crippen LogP contribution in [0.3, 0.4) is 0 Å². The molecule has 14 nitrogen and oxygen atoms in total. The second kappa shape index (κ2) is 10.4. The third-order valence-electron chi connectivity index (χ3n) is 7.26. The average Bonchev–Trinajstić information content (AvgIpc) is 3.10. The highest BCUT2D eigenvalue weighted by molar-refractivity contribution is 5.11. The van der Waals surface area contributed by atoms with Crippen molar-refractivity contribution in [2.24, 2.45) is 11.8 Å². The van der Waals surface area contributed by atoms with Crippen molar-refractivity contribution >= 4 is 0 Å². The fourth-order valence-electron chi connectivity index (χ4n) is 5.26. The van der Waals surface area contributed by atoms with Crippen molar-refractivity contribution in [2.75, 3.05) is 13.2 Å². The number of hydrogen-bond acceptors (Lipinski definition) is 14. The van der Waals surface area contributed by atoms with Crippen LogP contribution in [0.2, 0.25) is 0 Å². The topological polar surface area (TPSA) is 228 Å². The standard InChI is InChI=1S/C21H34O14/c1-21(30)4-8(32-19-16(28)14(26)12(24)9(5-22)33-19)7-2-3-31-18(11(7)21)35-20-17(29)15(27)13(25)10(6-23)34-20/h2-3,7-20,22-30H,4-6H2,1H3/t7-,8+,9+,10+,11+,12-,13+,14-,15-,16+,17+,18-,19+,20-,21-/m0/s1. The molecule has 4 aliphatic rings. The summed E-state index contributed by atoms with van der Waals surface area (Å²) in [4.78, 5) is 0. The van der Waals surface area contributed by atoms with Crippen molar-refractivity contribution in [3.63, 3.8) is 0 Å². The summed E-state index contributed by atoms with van der Waals surface area (Å²) in [6.07, 6.45) is -14.0. The second-order valence-electron chi connectivity index (χ2n) is 9.70. The SMILES string of the molecule is C[C@]1(O)C[C@@H](O[C@@H]2O[C@H](CO)[C@H](O)[C@H](O)[C@H]2O)[C@@H]2C=CO[C@@H](O[C@@H]3O[C@H](CO)[C@@H](O)[C@H](O)[C@H]3O)[C@@H]21. The minimum Gasteiger partial charge on any atom is -0.472 e. The van der Waals surface area contributed by atoms with Crippen LogP contribution >= 0.6 is 0 Å². The molecule has 0 bridgehead atoms. The zero-order chi connectivity index (χ0) is 25.7. The predicted molar refractivity (Wildman–Crippen MR) is 110 cm³/mol. The minimum absolute atomic E-state index is 0.0135. The molecule has 14 heteroatoms. The smallest absolute Gasteiger partial charge is 0.207 e. The molecule has 0 aromatic rings. The van der Waals surface area contributed by atoms with Crippen molar-refractivity contribution in [3.05, 3.63) is 12.3 Å². The molecule has 0 aromatic carbocycles. The first-order valence-corrected chi connectivity index (χ1v) is 11.5. The van der Waals surface area contributed by atoms with E-state index in [9.17, 15) is 46.0 Å². The highest BCUT2D eigenvalue weighted by atomic mass is 16.8. The Morgan fingerprint density at radius 3 is 1.80 bits per heavy atom. The van der Waals surface area contributed by atoms with Gasteiger partial charge in [0.25, 0.3) is 0 Å². The van der Waals surface area contributed by atoms with Gasteiger partial charge in [0.2, 0.25) is 6.29 Å². The van der Waals surface area contributed by atoms with E-state index in [-0.39, 0.29) is 6.42 Å². The molecule has 3 heterocycles. The van der Waals surface area contributed by atoms with Gasteiger partial charge in [0.05, 0.1) is 37.1 Å². The van der Waals surface area contributed by atoms with Gasteiger partial charge in [0.15, 0.2) is 12.6 Å². The quantitative estimate of drug-likeness (QED) is 0.163. The fraction of sp³-hybridized carbons (Fsp3) is 0.905. The summed E-state index contributed by atoms with van der Waals surface area (Å²) < 4.78 is 28.0. The first-order valence-electron chi connectivity index (χ1n) is 11.5. The van der Waals surface area contributed by atoms with Gasteiger partial charge in [-0.25, -0.2) is 0 Å². The fourth-order valence-corrected chi connectivity index (χ4v) is 5.26. The molecular weight excluding hydrogens is 476 g/mol. The van der Waals surface area contributed by atoms with Crippen molar-refractivity contribution < 1.29 is 69.6 Å². The summed E-state index contributed by atoms with van der Waals surface area (Å²) >= 11 is 0. The van der Waals surface area contributed by atoms with E-state index in [4.69, 9.17) is 23.7 Å². The summed E-state index contributed by atoms with van der Waals surface area (Å²) in [6.45, 7) is 0.241. The van der Waals surface area contributed by atoms with Crippen LogP contribution in [-0.2, 0) is 23.7 Å². The van der Waals surface area contributed by atoms with E-state index in [1.807, 2.05) is 0 Å². The molecule has 15 atom stereocenters. The van der Waals surface area contributed by atoms with Gasteiger partial charge in [-0.05, 0) is 13.0 Å². The van der Waals surface area contributed by atoms with Crippen LogP contribution in [-0.4, -0.2) is 139 Å². The van der Waals surface area contributed by atoms with Gasteiger partial charge < -0.3 is 69.6 Å². The van der Waals surface area contributed by atoms with E-state index in [2.05, 4.69) is 0 Å². The van der Waals surface area contributed by atoms with E-state index < -0.39 is 104 Å². The van der Waals surface area contributed by atoms with Crippen LogP contribution in [0.4, 0.5) is 0 Å². The monoisotopic (exact) mass is 510 g/mol. The van der Waals surface area contributed by atoms with Crippen LogP contribution in [0.25, 0.3) is 0 Å². The number of aliphatic hydroxyl groups is 9. The summed E-state index contributed by atoms with van der Waals surface area (Å²) in [5.74, 6) is -1.37. The van der Waals surface area contributed by atoms with Gasteiger partial charge >= 0.3 is 0 Å². The van der Waals surface area contributed by atoms with Crippen molar-refractivity contribution in [3.8, 4) is 0 Å². The molecule has 0 amide bonds. The lowest BCUT2D eigenvalue weighted by molar-refractivity contribution is -0.347. The molecule has 4 rings (SSSR count). The predicted octanol–water partition coefficient (Wildman–Crippen LogP) is -4.75. The maximum Gasteiger partial charge on any atom is 0.207 e. The van der Waals surface area contributed by atoms with Crippen molar-refractivity contribution in [1.82, 2.24) is 0 Å². The van der Waals surface area contributed by atoms with E-state index >= 15 is 0 Å². The third kappa shape index (κ3) is 4.96. The molecule has 0 aromatic heterocycles. The number of hydrogen-bond donors (Lipinski definition) is 9. The van der Waals surface area contributed by atoms with Crippen molar-refractivity contribution in [1.29, 1.82) is 0 Å². The normalized spacial score (nSPS) is 54.3. The molecule has 3 aliphatic heterocycles. The maximum atomic E-state index is 11.2. The van der Waals surface area contributed by atoms with Crippen LogP contribution in [0.15, 0.2) is 12.3 Å². The highest BCUT2D eigenvalue weighted by Crippen LogP contribution is 2.48. The Morgan fingerprint density at radius 2 is 1.29 bits per heavy atom. The Morgan fingerprint density at radius 1 is 0.771 bits per heavy atom. The Labute approximate surface area is 200 Å². The molecule has 1 saturated carbocycles. The highest BCUT2D eigenvalue weighted by Gasteiger charge is 2.58. The molecule has 0 radical (unpaired) electrons. The summed E-state index contributed by atoms with van der Waals surface area (Å²) in [7, 11) is 0. The number of rotatable bonds is 6. The molecule has 0 unspecified atom stereocenters. The minimum atomic E-state index is -1.67. The van der Waals surface area contributed by atoms with Gasteiger partial charge in [-0.3, -0.25) is 0 Å². The first-order chi connectivity index (χ1) is 16.5. The van der Waals surface area contributed by atoms with E-state index in [1.165, 1.54) is 13.2 Å². The molecular formula is C21H34O14. The van der Waals surface area contributed by atoms with Gasteiger partial charge in [-0.2, -0.15) is 0 Å². The number of fused-ring (bicyclic) bond motifs is 1. The molecule has 0 spiro atoms. The number of ether oxygens (including phenoxy) is 5. The van der Waals surface area contributed by atoms with Crippen LogP contribution < -0.4 is 0 Å². The lowest BCUT2D eigenvalue weighted by Gasteiger charge is -2.44. The Hall–Kier alpha value is -0.980. The van der Waals surface area contributed by atoms with Crippen molar-refractivity contribution in [2.45, 2.75) is 92.8 Å². The molecule has 202 valence electrons. The van der Waals surface area contributed by atoms with Gasteiger partial charge in [0.1, 0.15) is 48.8 Å². The average molecular weight is 510 g/mol. The van der Waals surface area contributed by atoms with Crippen LogP contribution in [0, 0.1) is 11.8 Å². The van der Waals surface area contributed by atoms with Gasteiger partial charge in [-0.15, -0.1) is 0 Å². The van der Waals surface area contributed by atoms with Crippen LogP contribution in [0.5, 0.6) is 0 Å². The van der Waals surface area contributed by atoms with Gasteiger partial charge in [-0.1, -0.05) is 0 Å². The van der Waals surface area contributed by atoms with E-state index in [0.717, 1.165) is 0 Å². The van der Waals surface area contributed by atoms with Gasteiger partial charge in [0, 0.05) is 12.3 Å². The summed E-state index contributed by atoms with van der Waals surface area (Å²) in [6, 6.07) is 0. The first kappa shape index (κ1) is 27.1. The number of aliphatic hydroxyl groups excluding tert-OH is 8. The Kier molecular flexibility index (Phi) is 8.05. The molecule has 3 fully saturated rings. The third-order valence-corrected chi connectivity index (χ3v) is 7.26. The molecule has 9 N–H and O–H groups in total. The zero-order valence-corrected chi connectivity index (χ0v) is 18.9. The Bertz CT molecular complexity index is 746. The van der Waals surface area contributed by atoms with E-state index in [0.29, 0.717) is 0 Å². The van der Waals surface area contributed by atoms with E-state index in [1.54, 1.807) is 6.08 Å². The maximum absolute atomic E-state index is 11.2. The lowest BCUT2D eigenvalue weighted by atomic mass is 9.85. The summed E-state index contributed by atoms with van der Waals surface area (Å²) in [5.41, 5.74) is -1.47. The molecule has 2 saturated heterocycles. The molecule has 35 heavy (non-hydrogen) atoms. The largest absolute Gasteiger partial charge is 0.472 e.